The average Bonchev–Trinajstić information content (AvgIpc) is 2.83. The van der Waals surface area contributed by atoms with Gasteiger partial charge in [-0.25, -0.2) is 9.97 Å². The fourth-order valence-corrected chi connectivity index (χ4v) is 4.25. The lowest BCUT2D eigenvalue weighted by Gasteiger charge is -2.19. The summed E-state index contributed by atoms with van der Waals surface area (Å²) in [7, 11) is 0. The number of nitrogens with zero attached hydrogens (tertiary/aromatic N) is 4. The maximum Gasteiger partial charge on any atom is 0.160 e. The van der Waals surface area contributed by atoms with Gasteiger partial charge in [-0.2, -0.15) is 0 Å². The predicted molar refractivity (Wildman–Crippen MR) is 121 cm³/mol. The molecule has 3 aromatic carbocycles. The number of hydrogen-bond acceptors (Lipinski definition) is 5. The van der Waals surface area contributed by atoms with Crippen LogP contribution in [0.4, 0.5) is 0 Å². The molecule has 5 nitrogen and oxygen atoms in total. The Bertz CT molecular complexity index is 1490. The van der Waals surface area contributed by atoms with Crippen molar-refractivity contribution in [2.45, 2.75) is 0 Å². The molecule has 0 aliphatic carbocycles. The van der Waals surface area contributed by atoms with Crippen LogP contribution in [0, 0.1) is 0 Å². The van der Waals surface area contributed by atoms with Gasteiger partial charge in [0.2, 0.25) is 0 Å². The number of amidine groups is 1. The molecule has 3 heterocycles. The second-order valence-corrected chi connectivity index (χ2v) is 7.17. The molecule has 6 rings (SSSR count). The van der Waals surface area contributed by atoms with Crippen LogP contribution in [0.15, 0.2) is 90.5 Å². The number of rotatable bonds is 2. The lowest BCUT2D eigenvalue weighted by atomic mass is 9.89. The maximum atomic E-state index is 4.76. The summed E-state index contributed by atoms with van der Waals surface area (Å²) in [5, 5.41) is 8.75. The van der Waals surface area contributed by atoms with E-state index < -0.39 is 0 Å². The zero-order valence-electron chi connectivity index (χ0n) is 16.1. The lowest BCUT2D eigenvalue weighted by molar-refractivity contribution is 1.10. The molecule has 0 unspecified atom stereocenters. The van der Waals surface area contributed by atoms with Crippen LogP contribution in [-0.4, -0.2) is 27.3 Å². The van der Waals surface area contributed by atoms with E-state index in [9.17, 15) is 0 Å². The summed E-state index contributed by atoms with van der Waals surface area (Å²) in [6, 6.07) is 18.4. The Morgan fingerprint density at radius 1 is 0.700 bits per heavy atom. The van der Waals surface area contributed by atoms with E-state index in [1.807, 2.05) is 42.7 Å². The molecule has 0 saturated carbocycles. The predicted octanol–water partition coefficient (Wildman–Crippen LogP) is 4.86. The molecule has 2 aromatic heterocycles. The first kappa shape index (κ1) is 16.8. The highest BCUT2D eigenvalue weighted by Gasteiger charge is 2.21. The molecule has 0 atom stereocenters. The quantitative estimate of drug-likeness (QED) is 0.347. The molecule has 0 saturated heterocycles. The Hall–Kier alpha value is -4.12. The number of aliphatic imine (C=N–C) groups is 1. The molecule has 0 bridgehead atoms. The smallest absolute Gasteiger partial charge is 0.160 e. The zero-order valence-corrected chi connectivity index (χ0v) is 16.1. The van der Waals surface area contributed by atoms with Crippen molar-refractivity contribution in [3.63, 3.8) is 0 Å². The number of aromatic nitrogens is 3. The van der Waals surface area contributed by atoms with Crippen molar-refractivity contribution in [2.75, 3.05) is 6.54 Å². The third-order valence-electron chi connectivity index (χ3n) is 5.48. The van der Waals surface area contributed by atoms with E-state index in [2.05, 4.69) is 45.6 Å². The molecular formula is C25H17N5. The third-order valence-corrected chi connectivity index (χ3v) is 5.48. The maximum absolute atomic E-state index is 4.76. The van der Waals surface area contributed by atoms with Gasteiger partial charge in [0.25, 0.3) is 0 Å². The average molecular weight is 387 g/mol. The van der Waals surface area contributed by atoms with Crippen LogP contribution in [0.5, 0.6) is 0 Å². The molecule has 0 amide bonds. The third kappa shape index (κ3) is 2.49. The lowest BCUT2D eigenvalue weighted by Crippen LogP contribution is -2.22. The minimum atomic E-state index is 0.655. The van der Waals surface area contributed by atoms with Crippen LogP contribution in [0.2, 0.25) is 0 Å². The summed E-state index contributed by atoms with van der Waals surface area (Å²) in [5.41, 5.74) is 3.03. The number of hydrogen-bond donors (Lipinski definition) is 1. The Kier molecular flexibility index (Phi) is 3.77. The molecular weight excluding hydrogens is 370 g/mol. The standard InChI is InChI=1S/C25H17N5/c1-2-8-17-16(7-1)22(24-26-11-5-12-27-24)19-15-30-20-10-4-3-9-18(20)21(19)23(17)25-28-13-6-14-29-25/h1-11,13-15H,12H2,(H,26,27). The van der Waals surface area contributed by atoms with E-state index >= 15 is 0 Å². The molecule has 1 aliphatic heterocycles. The van der Waals surface area contributed by atoms with Crippen molar-refractivity contribution in [3.05, 3.63) is 91.0 Å². The fraction of sp³-hybridized carbons (Fsp3) is 0.0400. The fourth-order valence-electron chi connectivity index (χ4n) is 4.25. The van der Waals surface area contributed by atoms with Crippen molar-refractivity contribution in [2.24, 2.45) is 4.99 Å². The Labute approximate surface area is 172 Å². The normalized spacial score (nSPS) is 13.5. The van der Waals surface area contributed by atoms with Crippen LogP contribution in [0.25, 0.3) is 43.8 Å². The van der Waals surface area contributed by atoms with Crippen LogP contribution < -0.4 is 5.32 Å². The van der Waals surface area contributed by atoms with E-state index in [4.69, 9.17) is 9.98 Å². The topological polar surface area (TPSA) is 63.1 Å². The van der Waals surface area contributed by atoms with E-state index in [-0.39, 0.29) is 0 Å². The Morgan fingerprint density at radius 2 is 1.43 bits per heavy atom. The van der Waals surface area contributed by atoms with Gasteiger partial charge in [-0.15, -0.1) is 0 Å². The van der Waals surface area contributed by atoms with Crippen LogP contribution in [0.3, 0.4) is 0 Å². The van der Waals surface area contributed by atoms with Crippen LogP contribution in [0.1, 0.15) is 5.56 Å². The summed E-state index contributed by atoms with van der Waals surface area (Å²) < 4.78 is 0. The summed E-state index contributed by atoms with van der Waals surface area (Å²) in [6.45, 7) is 0.655. The SMILES string of the molecule is C1=CNC(c2c3ccccc3c(-c3ncccn3)c3c2cnc2ccccc23)=NC1. The van der Waals surface area contributed by atoms with Gasteiger partial charge in [0, 0.05) is 52.1 Å². The molecule has 5 heteroatoms. The van der Waals surface area contributed by atoms with Crippen molar-refractivity contribution < 1.29 is 0 Å². The Balaban J connectivity index is 1.89. The second kappa shape index (κ2) is 6.74. The summed E-state index contributed by atoms with van der Waals surface area (Å²) in [4.78, 5) is 18.7. The van der Waals surface area contributed by atoms with Crippen molar-refractivity contribution in [1.82, 2.24) is 20.3 Å². The van der Waals surface area contributed by atoms with Crippen molar-refractivity contribution in [1.29, 1.82) is 0 Å². The number of benzene rings is 3. The number of pyridine rings is 1. The van der Waals surface area contributed by atoms with Gasteiger partial charge in [-0.1, -0.05) is 42.5 Å². The van der Waals surface area contributed by atoms with E-state index in [1.165, 1.54) is 0 Å². The van der Waals surface area contributed by atoms with Gasteiger partial charge >= 0.3 is 0 Å². The second-order valence-electron chi connectivity index (χ2n) is 7.17. The summed E-state index contributed by atoms with van der Waals surface area (Å²) in [5.74, 6) is 1.57. The highest BCUT2D eigenvalue weighted by atomic mass is 15.0. The van der Waals surface area contributed by atoms with Crippen LogP contribution >= 0.6 is 0 Å². The highest BCUT2D eigenvalue weighted by molar-refractivity contribution is 6.29. The highest BCUT2D eigenvalue weighted by Crippen LogP contribution is 2.40. The number of fused-ring (bicyclic) bond motifs is 4. The van der Waals surface area contributed by atoms with Gasteiger partial charge in [0.05, 0.1) is 12.1 Å². The van der Waals surface area contributed by atoms with Crippen molar-refractivity contribution >= 4 is 38.3 Å². The molecule has 0 spiro atoms. The van der Waals surface area contributed by atoms with Gasteiger partial charge in [-0.05, 0) is 29.0 Å². The molecule has 30 heavy (non-hydrogen) atoms. The molecule has 0 fully saturated rings. The van der Waals surface area contributed by atoms with Gasteiger partial charge in [-0.3, -0.25) is 9.98 Å². The van der Waals surface area contributed by atoms with Crippen LogP contribution in [-0.2, 0) is 0 Å². The van der Waals surface area contributed by atoms with Gasteiger partial charge < -0.3 is 5.32 Å². The first-order valence-electron chi connectivity index (χ1n) is 9.88. The van der Waals surface area contributed by atoms with E-state index in [0.717, 1.165) is 49.4 Å². The summed E-state index contributed by atoms with van der Waals surface area (Å²) >= 11 is 0. The number of para-hydroxylation sites is 1. The minimum absolute atomic E-state index is 0.655. The largest absolute Gasteiger partial charge is 0.347 e. The first-order chi connectivity index (χ1) is 14.9. The number of nitrogens with one attached hydrogen (secondary N) is 1. The first-order valence-corrected chi connectivity index (χ1v) is 9.88. The molecule has 0 radical (unpaired) electrons. The summed E-state index contributed by atoms with van der Waals surface area (Å²) in [6.07, 6.45) is 9.49. The Morgan fingerprint density at radius 3 is 2.20 bits per heavy atom. The molecule has 1 aliphatic rings. The van der Waals surface area contributed by atoms with Crippen molar-refractivity contribution in [3.8, 4) is 11.4 Å². The van der Waals surface area contributed by atoms with Gasteiger partial charge in [0.15, 0.2) is 5.82 Å². The van der Waals surface area contributed by atoms with E-state index in [0.29, 0.717) is 12.4 Å². The van der Waals surface area contributed by atoms with E-state index in [1.54, 1.807) is 12.4 Å². The molecule has 142 valence electrons. The minimum Gasteiger partial charge on any atom is -0.347 e. The molecule has 5 aromatic rings. The molecule has 1 N–H and O–H groups in total. The van der Waals surface area contributed by atoms with Gasteiger partial charge in [0.1, 0.15) is 5.84 Å². The monoisotopic (exact) mass is 387 g/mol. The zero-order chi connectivity index (χ0) is 19.9.